The molecule has 220 valence electrons. The SMILES string of the molecule is C[C@H](CCCCCNC(=O)OCc1ccccc1)[C@@H](C(=O)Nc1cccc2cccnc12)N1C(=O)c2ccccc2C1=O. The highest BCUT2D eigenvalue weighted by atomic mass is 16.5. The lowest BCUT2D eigenvalue weighted by Crippen LogP contribution is -2.50. The van der Waals surface area contributed by atoms with Crippen molar-refractivity contribution >= 4 is 40.4 Å². The van der Waals surface area contributed by atoms with E-state index in [1.807, 2.05) is 61.5 Å². The number of imide groups is 1. The Morgan fingerprint density at radius 2 is 1.53 bits per heavy atom. The topological polar surface area (TPSA) is 118 Å². The van der Waals surface area contributed by atoms with Crippen LogP contribution in [0.15, 0.2) is 91.1 Å². The van der Waals surface area contributed by atoms with Gasteiger partial charge < -0.3 is 15.4 Å². The van der Waals surface area contributed by atoms with Gasteiger partial charge in [0.2, 0.25) is 5.91 Å². The van der Waals surface area contributed by atoms with Crippen molar-refractivity contribution in [3.63, 3.8) is 0 Å². The molecule has 0 saturated carbocycles. The number of unbranched alkanes of at least 4 members (excludes halogenated alkanes) is 2. The van der Waals surface area contributed by atoms with Gasteiger partial charge in [-0.3, -0.25) is 24.3 Å². The number of nitrogens with one attached hydrogen (secondary N) is 2. The van der Waals surface area contributed by atoms with E-state index in [1.165, 1.54) is 0 Å². The molecule has 2 N–H and O–H groups in total. The predicted octanol–water partition coefficient (Wildman–Crippen LogP) is 5.96. The number of benzene rings is 3. The fraction of sp³-hybridized carbons (Fsp3) is 0.265. The number of carbonyl (C=O) groups is 4. The fourth-order valence-corrected chi connectivity index (χ4v) is 5.39. The number of alkyl carbamates (subject to hydrolysis) is 1. The molecule has 2 heterocycles. The molecule has 1 aromatic heterocycles. The van der Waals surface area contributed by atoms with Gasteiger partial charge in [-0.2, -0.15) is 0 Å². The first-order valence-electron chi connectivity index (χ1n) is 14.5. The highest BCUT2D eigenvalue weighted by Gasteiger charge is 2.44. The number of amides is 4. The Labute approximate surface area is 250 Å². The number of nitrogens with zero attached hydrogens (tertiary/aromatic N) is 2. The van der Waals surface area contributed by atoms with E-state index in [2.05, 4.69) is 15.6 Å². The summed E-state index contributed by atoms with van der Waals surface area (Å²) in [5.74, 6) is -1.71. The number of hydrogen-bond donors (Lipinski definition) is 2. The van der Waals surface area contributed by atoms with Gasteiger partial charge in [-0.15, -0.1) is 0 Å². The minimum absolute atomic E-state index is 0.209. The van der Waals surface area contributed by atoms with Crippen LogP contribution in [-0.2, 0) is 16.1 Å². The Morgan fingerprint density at radius 1 is 0.837 bits per heavy atom. The van der Waals surface area contributed by atoms with Crippen LogP contribution in [0.1, 0.15) is 58.9 Å². The molecular weight excluding hydrogens is 544 g/mol. The molecule has 0 saturated heterocycles. The summed E-state index contributed by atoms with van der Waals surface area (Å²) in [6.45, 7) is 2.55. The summed E-state index contributed by atoms with van der Waals surface area (Å²) in [6.07, 6.45) is 4.02. The average molecular weight is 579 g/mol. The zero-order valence-electron chi connectivity index (χ0n) is 24.0. The fourth-order valence-electron chi connectivity index (χ4n) is 5.39. The second kappa shape index (κ2) is 13.7. The van der Waals surface area contributed by atoms with Gasteiger partial charge >= 0.3 is 6.09 Å². The summed E-state index contributed by atoms with van der Waals surface area (Å²) >= 11 is 0. The first-order valence-corrected chi connectivity index (χ1v) is 14.5. The van der Waals surface area contributed by atoms with Crippen molar-refractivity contribution < 1.29 is 23.9 Å². The van der Waals surface area contributed by atoms with Crippen LogP contribution in [0.5, 0.6) is 0 Å². The molecule has 43 heavy (non-hydrogen) atoms. The Hall–Kier alpha value is -5.05. The zero-order chi connectivity index (χ0) is 30.2. The number of pyridine rings is 1. The van der Waals surface area contributed by atoms with Gasteiger partial charge in [0.25, 0.3) is 11.8 Å². The van der Waals surface area contributed by atoms with Crippen molar-refractivity contribution in [3.05, 3.63) is 108 Å². The third-order valence-electron chi connectivity index (χ3n) is 7.62. The molecule has 1 aliphatic rings. The Balaban J connectivity index is 1.20. The molecular formula is C34H34N4O5. The van der Waals surface area contributed by atoms with Gasteiger partial charge in [-0.25, -0.2) is 4.79 Å². The monoisotopic (exact) mass is 578 g/mol. The third-order valence-corrected chi connectivity index (χ3v) is 7.62. The molecule has 9 nitrogen and oxygen atoms in total. The van der Waals surface area contributed by atoms with Crippen LogP contribution in [0.25, 0.3) is 10.9 Å². The maximum Gasteiger partial charge on any atom is 0.407 e. The maximum atomic E-state index is 13.9. The Kier molecular flexibility index (Phi) is 9.41. The number of para-hydroxylation sites is 1. The number of carbonyl (C=O) groups excluding carboxylic acids is 4. The average Bonchev–Trinajstić information content (AvgIpc) is 3.28. The van der Waals surface area contributed by atoms with Crippen LogP contribution in [0.2, 0.25) is 0 Å². The summed E-state index contributed by atoms with van der Waals surface area (Å²) in [7, 11) is 0. The van der Waals surface area contributed by atoms with Crippen LogP contribution >= 0.6 is 0 Å². The molecule has 2 atom stereocenters. The summed E-state index contributed by atoms with van der Waals surface area (Å²) in [5, 5.41) is 6.57. The number of anilines is 1. The maximum absolute atomic E-state index is 13.9. The van der Waals surface area contributed by atoms with E-state index in [9.17, 15) is 19.2 Å². The van der Waals surface area contributed by atoms with Crippen molar-refractivity contribution in [1.82, 2.24) is 15.2 Å². The van der Waals surface area contributed by atoms with E-state index in [4.69, 9.17) is 4.74 Å². The molecule has 4 amide bonds. The lowest BCUT2D eigenvalue weighted by molar-refractivity contribution is -0.121. The number of ether oxygens (including phenoxy) is 1. The van der Waals surface area contributed by atoms with Crippen molar-refractivity contribution in [2.75, 3.05) is 11.9 Å². The largest absolute Gasteiger partial charge is 0.445 e. The number of hydrogen-bond acceptors (Lipinski definition) is 6. The van der Waals surface area contributed by atoms with Crippen LogP contribution in [0.4, 0.5) is 10.5 Å². The van der Waals surface area contributed by atoms with Gasteiger partial charge in [-0.1, -0.05) is 80.4 Å². The van der Waals surface area contributed by atoms with E-state index in [1.54, 1.807) is 36.5 Å². The quantitative estimate of drug-likeness (QED) is 0.158. The van der Waals surface area contributed by atoms with E-state index >= 15 is 0 Å². The molecule has 0 aliphatic carbocycles. The minimum Gasteiger partial charge on any atom is -0.445 e. The summed E-state index contributed by atoms with van der Waals surface area (Å²) in [5.41, 5.74) is 2.66. The normalized spacial score (nSPS) is 13.8. The molecule has 0 fully saturated rings. The van der Waals surface area contributed by atoms with Crippen molar-refractivity contribution in [2.24, 2.45) is 5.92 Å². The van der Waals surface area contributed by atoms with E-state index in [0.717, 1.165) is 35.1 Å². The molecule has 0 bridgehead atoms. The van der Waals surface area contributed by atoms with Gasteiger partial charge in [0.05, 0.1) is 22.3 Å². The minimum atomic E-state index is -1.02. The lowest BCUT2D eigenvalue weighted by Gasteiger charge is -2.30. The predicted molar refractivity (Wildman–Crippen MR) is 163 cm³/mol. The first-order chi connectivity index (χ1) is 20.9. The second-order valence-electron chi connectivity index (χ2n) is 10.7. The van der Waals surface area contributed by atoms with Crippen molar-refractivity contribution in [3.8, 4) is 0 Å². The second-order valence-corrected chi connectivity index (χ2v) is 10.7. The molecule has 3 aromatic carbocycles. The van der Waals surface area contributed by atoms with Crippen LogP contribution in [0.3, 0.4) is 0 Å². The molecule has 9 heteroatoms. The van der Waals surface area contributed by atoms with Crippen LogP contribution in [-0.4, -0.2) is 46.3 Å². The third kappa shape index (κ3) is 6.89. The molecule has 0 spiro atoms. The first kappa shape index (κ1) is 29.4. The van der Waals surface area contributed by atoms with Gasteiger partial charge in [-0.05, 0) is 48.6 Å². The van der Waals surface area contributed by atoms with Gasteiger partial charge in [0.1, 0.15) is 12.6 Å². The summed E-state index contributed by atoms with van der Waals surface area (Å²) < 4.78 is 5.24. The van der Waals surface area contributed by atoms with Gasteiger partial charge in [0, 0.05) is 18.1 Å². The molecule has 5 rings (SSSR count). The highest BCUT2D eigenvalue weighted by Crippen LogP contribution is 2.30. The van der Waals surface area contributed by atoms with Gasteiger partial charge in [0.15, 0.2) is 0 Å². The van der Waals surface area contributed by atoms with Crippen molar-refractivity contribution in [2.45, 2.75) is 45.3 Å². The Bertz CT molecular complexity index is 1580. The van der Waals surface area contributed by atoms with Crippen LogP contribution in [0, 0.1) is 5.92 Å². The number of aromatic nitrogens is 1. The Morgan fingerprint density at radius 3 is 2.28 bits per heavy atom. The van der Waals surface area contributed by atoms with Crippen LogP contribution < -0.4 is 10.6 Å². The highest BCUT2D eigenvalue weighted by molar-refractivity contribution is 6.23. The zero-order valence-corrected chi connectivity index (χ0v) is 24.0. The van der Waals surface area contributed by atoms with E-state index in [-0.39, 0.29) is 12.5 Å². The molecule has 0 unspecified atom stereocenters. The van der Waals surface area contributed by atoms with E-state index in [0.29, 0.717) is 35.3 Å². The standard InChI is InChI=1S/C34H34N4O5/c1-23(12-4-3-9-20-36-34(42)43-22-24-13-5-2-6-14-24)30(38-32(40)26-17-7-8-18-27(26)33(38)41)31(39)37-28-19-10-15-25-16-11-21-35-29(25)28/h2,5-8,10-11,13-19,21,23,30H,3-4,9,12,20,22H2,1H3,(H,36,42)(H,37,39)/t23-,30+/m1/s1. The molecule has 4 aromatic rings. The lowest BCUT2D eigenvalue weighted by atomic mass is 9.93. The van der Waals surface area contributed by atoms with Crippen molar-refractivity contribution in [1.29, 1.82) is 0 Å². The summed E-state index contributed by atoms with van der Waals surface area (Å²) in [6, 6.07) is 24.3. The smallest absolute Gasteiger partial charge is 0.407 e. The number of rotatable bonds is 12. The summed E-state index contributed by atoms with van der Waals surface area (Å²) in [4.78, 5) is 58.2. The van der Waals surface area contributed by atoms with E-state index < -0.39 is 29.9 Å². The molecule has 1 aliphatic heterocycles. The number of fused-ring (bicyclic) bond motifs is 2. The molecule has 0 radical (unpaired) electrons.